The van der Waals surface area contributed by atoms with Crippen molar-refractivity contribution in [3.8, 4) is 0 Å². The molecule has 2 N–H and O–H groups in total. The van der Waals surface area contributed by atoms with Gasteiger partial charge in [0, 0.05) is 21.9 Å². The fourth-order valence-electron chi connectivity index (χ4n) is 3.23. The quantitative estimate of drug-likeness (QED) is 0.865. The summed E-state index contributed by atoms with van der Waals surface area (Å²) in [5, 5.41) is 8.02. The van der Waals surface area contributed by atoms with Gasteiger partial charge >= 0.3 is 0 Å². The number of hydrogen-bond donors (Lipinski definition) is 2. The van der Waals surface area contributed by atoms with Gasteiger partial charge in [0.2, 0.25) is 0 Å². The van der Waals surface area contributed by atoms with Crippen LogP contribution in [-0.2, 0) is 0 Å². The van der Waals surface area contributed by atoms with Crippen LogP contribution >= 0.6 is 11.8 Å². The Kier molecular flexibility index (Phi) is 5.26. The molecule has 110 valence electrons. The Balaban J connectivity index is 1.52. The predicted molar refractivity (Wildman–Crippen MR) is 88.7 cm³/mol. The summed E-state index contributed by atoms with van der Waals surface area (Å²) < 4.78 is 0. The molecule has 2 aliphatic rings. The summed E-state index contributed by atoms with van der Waals surface area (Å²) >= 11 is 2.07. The average Bonchev–Trinajstić information content (AvgIpc) is 2.84. The van der Waals surface area contributed by atoms with Crippen LogP contribution in [0.1, 0.15) is 44.9 Å². The molecule has 3 heteroatoms. The third kappa shape index (κ3) is 4.16. The van der Waals surface area contributed by atoms with Crippen LogP contribution in [-0.4, -0.2) is 24.4 Å². The molecule has 1 saturated carbocycles. The zero-order valence-electron chi connectivity index (χ0n) is 12.2. The van der Waals surface area contributed by atoms with Gasteiger partial charge in [-0.2, -0.15) is 0 Å². The summed E-state index contributed by atoms with van der Waals surface area (Å²) in [5.41, 5.74) is 1.28. The molecular formula is C17H26N2S. The van der Waals surface area contributed by atoms with E-state index in [0.29, 0.717) is 6.04 Å². The summed E-state index contributed by atoms with van der Waals surface area (Å²) in [6.45, 7) is 2.32. The highest BCUT2D eigenvalue weighted by molar-refractivity contribution is 8.00. The Hall–Kier alpha value is -0.670. The van der Waals surface area contributed by atoms with E-state index in [1.807, 2.05) is 0 Å². The van der Waals surface area contributed by atoms with Gasteiger partial charge in [0.15, 0.2) is 0 Å². The molecule has 1 aliphatic carbocycles. The Morgan fingerprint density at radius 1 is 0.900 bits per heavy atom. The van der Waals surface area contributed by atoms with Gasteiger partial charge in [-0.15, -0.1) is 11.8 Å². The van der Waals surface area contributed by atoms with Crippen LogP contribution in [0.2, 0.25) is 0 Å². The zero-order valence-corrected chi connectivity index (χ0v) is 13.1. The first-order chi connectivity index (χ1) is 9.90. The van der Waals surface area contributed by atoms with Crippen LogP contribution in [0.4, 0.5) is 5.69 Å². The van der Waals surface area contributed by atoms with Crippen molar-refractivity contribution in [3.05, 3.63) is 24.3 Å². The van der Waals surface area contributed by atoms with Crippen molar-refractivity contribution in [2.45, 2.75) is 61.1 Å². The van der Waals surface area contributed by atoms with E-state index in [1.54, 1.807) is 0 Å². The minimum absolute atomic E-state index is 0.637. The molecule has 0 amide bonds. The van der Waals surface area contributed by atoms with Gasteiger partial charge < -0.3 is 10.6 Å². The van der Waals surface area contributed by atoms with E-state index in [2.05, 4.69) is 46.7 Å². The van der Waals surface area contributed by atoms with Gasteiger partial charge in [-0.25, -0.2) is 0 Å². The molecule has 3 rings (SSSR count). The van der Waals surface area contributed by atoms with Gasteiger partial charge in [0.1, 0.15) is 0 Å². The molecular weight excluding hydrogens is 264 g/mol. The van der Waals surface area contributed by atoms with Crippen molar-refractivity contribution in [1.82, 2.24) is 5.32 Å². The molecule has 1 aliphatic heterocycles. The predicted octanol–water partition coefficient (Wildman–Crippen LogP) is 4.28. The number of thioether (sulfide) groups is 1. The number of rotatable bonds is 4. The average molecular weight is 290 g/mol. The second-order valence-corrected chi connectivity index (χ2v) is 7.44. The second kappa shape index (κ2) is 7.37. The summed E-state index contributed by atoms with van der Waals surface area (Å²) in [5.74, 6) is 0. The third-order valence-corrected chi connectivity index (χ3v) is 5.75. The first-order valence-corrected chi connectivity index (χ1v) is 9.02. The number of benzene rings is 1. The van der Waals surface area contributed by atoms with Crippen molar-refractivity contribution in [2.24, 2.45) is 0 Å². The topological polar surface area (TPSA) is 24.1 Å². The Morgan fingerprint density at radius 2 is 1.70 bits per heavy atom. The van der Waals surface area contributed by atoms with Crippen LogP contribution in [0, 0.1) is 0 Å². The van der Waals surface area contributed by atoms with Crippen LogP contribution < -0.4 is 10.6 Å². The standard InChI is InChI=1S/C17H26N2S/c1-2-6-16(5-1)20-17-9-7-15(8-10-17)19-14-4-3-12-18-13-11-14/h7-10,14,16,18-19H,1-6,11-13H2. The summed E-state index contributed by atoms with van der Waals surface area (Å²) in [6.07, 6.45) is 9.46. The molecule has 1 unspecified atom stereocenters. The maximum Gasteiger partial charge on any atom is 0.0343 e. The number of nitrogens with one attached hydrogen (secondary N) is 2. The van der Waals surface area contributed by atoms with Crippen LogP contribution in [0.15, 0.2) is 29.2 Å². The summed E-state index contributed by atoms with van der Waals surface area (Å²) in [7, 11) is 0. The first-order valence-electron chi connectivity index (χ1n) is 8.14. The minimum Gasteiger partial charge on any atom is -0.382 e. The highest BCUT2D eigenvalue weighted by Gasteiger charge is 2.16. The van der Waals surface area contributed by atoms with Crippen molar-refractivity contribution in [2.75, 3.05) is 18.4 Å². The van der Waals surface area contributed by atoms with E-state index in [0.717, 1.165) is 11.8 Å². The minimum atomic E-state index is 0.637. The lowest BCUT2D eigenvalue weighted by Gasteiger charge is -2.17. The maximum absolute atomic E-state index is 3.69. The molecule has 1 aromatic carbocycles. The maximum atomic E-state index is 3.69. The normalized spacial score (nSPS) is 24.5. The van der Waals surface area contributed by atoms with Crippen molar-refractivity contribution >= 4 is 17.4 Å². The van der Waals surface area contributed by atoms with Crippen molar-refractivity contribution in [1.29, 1.82) is 0 Å². The zero-order chi connectivity index (χ0) is 13.6. The van der Waals surface area contributed by atoms with Crippen LogP contribution in [0.5, 0.6) is 0 Å². The smallest absolute Gasteiger partial charge is 0.0343 e. The van der Waals surface area contributed by atoms with E-state index >= 15 is 0 Å². The fraction of sp³-hybridized carbons (Fsp3) is 0.647. The van der Waals surface area contributed by atoms with Crippen LogP contribution in [0.3, 0.4) is 0 Å². The Bertz CT molecular complexity index is 390. The van der Waals surface area contributed by atoms with Gasteiger partial charge in [-0.05, 0) is 69.5 Å². The molecule has 20 heavy (non-hydrogen) atoms. The molecule has 0 radical (unpaired) electrons. The first kappa shape index (κ1) is 14.3. The molecule has 1 aromatic rings. The monoisotopic (exact) mass is 290 g/mol. The Labute approximate surface area is 127 Å². The van der Waals surface area contributed by atoms with E-state index in [4.69, 9.17) is 0 Å². The third-order valence-electron chi connectivity index (χ3n) is 4.41. The highest BCUT2D eigenvalue weighted by Crippen LogP contribution is 2.35. The van der Waals surface area contributed by atoms with Gasteiger partial charge in [0.05, 0.1) is 0 Å². The fourth-order valence-corrected chi connectivity index (χ4v) is 4.47. The number of anilines is 1. The van der Waals surface area contributed by atoms with Crippen molar-refractivity contribution in [3.63, 3.8) is 0 Å². The Morgan fingerprint density at radius 3 is 2.50 bits per heavy atom. The van der Waals surface area contributed by atoms with Gasteiger partial charge in [-0.1, -0.05) is 12.8 Å². The number of hydrogen-bond acceptors (Lipinski definition) is 3. The molecule has 2 fully saturated rings. The summed E-state index contributed by atoms with van der Waals surface area (Å²) in [6, 6.07) is 9.74. The molecule has 1 saturated heterocycles. The largest absolute Gasteiger partial charge is 0.382 e. The van der Waals surface area contributed by atoms with Gasteiger partial charge in [-0.3, -0.25) is 0 Å². The lowest BCUT2D eigenvalue weighted by Crippen LogP contribution is -2.21. The second-order valence-electron chi connectivity index (χ2n) is 6.07. The van der Waals surface area contributed by atoms with E-state index in [-0.39, 0.29) is 0 Å². The molecule has 2 nitrogen and oxygen atoms in total. The molecule has 0 spiro atoms. The van der Waals surface area contributed by atoms with Gasteiger partial charge in [0.25, 0.3) is 0 Å². The molecule has 1 atom stereocenters. The molecule has 1 heterocycles. The molecule has 0 aromatic heterocycles. The van der Waals surface area contributed by atoms with Crippen molar-refractivity contribution < 1.29 is 0 Å². The van der Waals surface area contributed by atoms with E-state index < -0.39 is 0 Å². The molecule has 0 bridgehead atoms. The van der Waals surface area contributed by atoms with E-state index in [9.17, 15) is 0 Å². The highest BCUT2D eigenvalue weighted by atomic mass is 32.2. The SMILES string of the molecule is c1cc(SC2CCCC2)ccc1NC1CCCNCC1. The lowest BCUT2D eigenvalue weighted by molar-refractivity contribution is 0.637. The van der Waals surface area contributed by atoms with Crippen LogP contribution in [0.25, 0.3) is 0 Å². The summed E-state index contributed by atoms with van der Waals surface area (Å²) in [4.78, 5) is 1.44. The van der Waals surface area contributed by atoms with E-state index in [1.165, 1.54) is 62.1 Å². The lowest BCUT2D eigenvalue weighted by atomic mass is 10.1.